The molecule has 0 unspecified atom stereocenters. The van der Waals surface area contributed by atoms with E-state index in [0.717, 1.165) is 4.57 Å². The van der Waals surface area contributed by atoms with Crippen molar-refractivity contribution in [2.75, 3.05) is 0 Å². The third-order valence-electron chi connectivity index (χ3n) is 4.01. The fourth-order valence-electron chi connectivity index (χ4n) is 2.96. The average Bonchev–Trinajstić information content (AvgIpc) is 3.09. The molecular weight excluding hydrogens is 304 g/mol. The summed E-state index contributed by atoms with van der Waals surface area (Å²) in [5.41, 5.74) is 1.50. The van der Waals surface area contributed by atoms with Gasteiger partial charge in [-0.25, -0.2) is 9.56 Å². The molecule has 0 saturated heterocycles. The molecule has 1 aliphatic rings. The molecule has 0 saturated carbocycles. The molecule has 1 aliphatic heterocycles. The topological polar surface area (TPSA) is 102 Å². The maximum atomic E-state index is 12.6. The van der Waals surface area contributed by atoms with E-state index in [1.54, 1.807) is 42.5 Å². The number of carbonyl (C=O) groups is 1. The molecule has 0 spiro atoms. The van der Waals surface area contributed by atoms with Crippen LogP contribution in [-0.2, 0) is 0 Å². The number of hydrogen-bond acceptors (Lipinski definition) is 5. The fraction of sp³-hybridized carbons (Fsp3) is 0. The first kappa shape index (κ1) is 13.7. The van der Waals surface area contributed by atoms with Crippen molar-refractivity contribution in [3.63, 3.8) is 0 Å². The second kappa shape index (κ2) is 4.80. The normalized spacial score (nSPS) is 12.6. The number of aromatic nitrogens is 1. The van der Waals surface area contributed by atoms with Crippen LogP contribution in [0.25, 0.3) is 10.9 Å². The van der Waals surface area contributed by atoms with Gasteiger partial charge in [-0.3, -0.25) is 4.79 Å². The minimum Gasteiger partial charge on any atom is -0.505 e. The number of aromatic hydroxyl groups is 1. The van der Waals surface area contributed by atoms with Gasteiger partial charge in [0.05, 0.1) is 28.2 Å². The summed E-state index contributed by atoms with van der Waals surface area (Å²) in [6.07, 6.45) is 1.95. The Morgan fingerprint density at radius 3 is 2.58 bits per heavy atom. The smallest absolute Gasteiger partial charge is 0.215 e. The Morgan fingerprint density at radius 2 is 1.88 bits per heavy atom. The van der Waals surface area contributed by atoms with Gasteiger partial charge in [-0.2, -0.15) is 10.5 Å². The summed E-state index contributed by atoms with van der Waals surface area (Å²) in [6, 6.07) is 13.6. The van der Waals surface area contributed by atoms with Crippen LogP contribution in [0.3, 0.4) is 0 Å². The summed E-state index contributed by atoms with van der Waals surface area (Å²) in [5, 5.41) is 29.6. The SMILES string of the molecule is N#Cc1cccc2c1c(O)c(C1=Nc3ccccc3C1=O)n2C#N. The largest absolute Gasteiger partial charge is 0.505 e. The molecular formula is C18H8N4O2. The summed E-state index contributed by atoms with van der Waals surface area (Å²) < 4.78 is 1.13. The van der Waals surface area contributed by atoms with Crippen molar-refractivity contribution in [1.29, 1.82) is 10.5 Å². The molecule has 0 atom stereocenters. The Labute approximate surface area is 136 Å². The maximum absolute atomic E-state index is 12.6. The highest BCUT2D eigenvalue weighted by atomic mass is 16.3. The van der Waals surface area contributed by atoms with E-state index >= 15 is 0 Å². The van der Waals surface area contributed by atoms with Crippen LogP contribution in [0.1, 0.15) is 21.6 Å². The van der Waals surface area contributed by atoms with Crippen molar-refractivity contribution >= 4 is 28.1 Å². The summed E-state index contributed by atoms with van der Waals surface area (Å²) in [5.74, 6) is -0.651. The number of hydrogen-bond donors (Lipinski definition) is 1. The maximum Gasteiger partial charge on any atom is 0.215 e. The van der Waals surface area contributed by atoms with Gasteiger partial charge in [0.15, 0.2) is 11.9 Å². The van der Waals surface area contributed by atoms with Gasteiger partial charge >= 0.3 is 0 Å². The molecule has 112 valence electrons. The molecule has 0 amide bonds. The standard InChI is InChI=1S/C18H8N4O2/c19-8-10-4-3-7-13-14(10)18(24)16(22(13)9-20)15-17(23)11-5-1-2-6-12(11)21-15/h1-7,24H. The third kappa shape index (κ3) is 1.62. The van der Waals surface area contributed by atoms with Gasteiger partial charge in [-0.15, -0.1) is 0 Å². The van der Waals surface area contributed by atoms with Crippen LogP contribution in [0.15, 0.2) is 47.5 Å². The van der Waals surface area contributed by atoms with Crippen LogP contribution in [0.5, 0.6) is 5.75 Å². The first-order chi connectivity index (χ1) is 11.7. The third-order valence-corrected chi connectivity index (χ3v) is 4.01. The van der Waals surface area contributed by atoms with Crippen molar-refractivity contribution in [3.05, 3.63) is 59.3 Å². The molecule has 24 heavy (non-hydrogen) atoms. The second-order valence-corrected chi connectivity index (χ2v) is 5.25. The Kier molecular flexibility index (Phi) is 2.75. The fourth-order valence-corrected chi connectivity index (χ4v) is 2.96. The van der Waals surface area contributed by atoms with E-state index in [9.17, 15) is 20.4 Å². The Bertz CT molecular complexity index is 1160. The minimum absolute atomic E-state index is 0.00432. The van der Waals surface area contributed by atoms with Gasteiger partial charge in [-0.1, -0.05) is 18.2 Å². The van der Waals surface area contributed by atoms with Gasteiger partial charge in [-0.05, 0) is 24.3 Å². The molecule has 0 fully saturated rings. The van der Waals surface area contributed by atoms with E-state index < -0.39 is 0 Å². The molecule has 6 heteroatoms. The zero-order valence-corrected chi connectivity index (χ0v) is 12.2. The second-order valence-electron chi connectivity index (χ2n) is 5.25. The van der Waals surface area contributed by atoms with Gasteiger partial charge in [0.25, 0.3) is 0 Å². The molecule has 2 heterocycles. The Hall–Kier alpha value is -3.90. The van der Waals surface area contributed by atoms with Crippen molar-refractivity contribution in [3.8, 4) is 18.0 Å². The van der Waals surface area contributed by atoms with E-state index in [4.69, 9.17) is 0 Å². The number of para-hydroxylation sites is 1. The Balaban J connectivity index is 2.07. The van der Waals surface area contributed by atoms with E-state index in [1.165, 1.54) is 0 Å². The van der Waals surface area contributed by atoms with E-state index in [0.29, 0.717) is 16.8 Å². The van der Waals surface area contributed by atoms with Gasteiger partial charge in [0.1, 0.15) is 11.4 Å². The number of fused-ring (bicyclic) bond motifs is 2. The van der Waals surface area contributed by atoms with Crippen LogP contribution >= 0.6 is 0 Å². The number of nitriles is 2. The van der Waals surface area contributed by atoms with Gasteiger partial charge in [0, 0.05) is 5.56 Å². The number of aliphatic imine (C=N–C) groups is 1. The van der Waals surface area contributed by atoms with Crippen molar-refractivity contribution < 1.29 is 9.90 Å². The number of nitrogens with zero attached hydrogens (tertiary/aromatic N) is 4. The van der Waals surface area contributed by atoms with E-state index in [-0.39, 0.29) is 33.9 Å². The first-order valence-electron chi connectivity index (χ1n) is 7.06. The molecule has 4 rings (SSSR count). The number of Topliss-reactive ketones (excluding diaryl/α,β-unsaturated/α-hetero) is 1. The zero-order chi connectivity index (χ0) is 16.8. The molecule has 6 nitrogen and oxygen atoms in total. The molecule has 0 aliphatic carbocycles. The van der Waals surface area contributed by atoms with Crippen molar-refractivity contribution in [1.82, 2.24) is 4.57 Å². The monoisotopic (exact) mass is 312 g/mol. The Morgan fingerprint density at radius 1 is 1.08 bits per heavy atom. The van der Waals surface area contributed by atoms with Crippen molar-refractivity contribution in [2.45, 2.75) is 0 Å². The number of rotatable bonds is 1. The van der Waals surface area contributed by atoms with Crippen molar-refractivity contribution in [2.24, 2.45) is 4.99 Å². The van der Waals surface area contributed by atoms with E-state index in [1.807, 2.05) is 12.3 Å². The highest BCUT2D eigenvalue weighted by molar-refractivity contribution is 6.55. The lowest BCUT2D eigenvalue weighted by Gasteiger charge is -2.00. The van der Waals surface area contributed by atoms with Gasteiger partial charge in [0.2, 0.25) is 5.78 Å². The highest BCUT2D eigenvalue weighted by Crippen LogP contribution is 2.38. The summed E-state index contributed by atoms with van der Waals surface area (Å²) in [4.78, 5) is 16.9. The average molecular weight is 312 g/mol. The lowest BCUT2D eigenvalue weighted by Crippen LogP contribution is -2.14. The molecule has 0 radical (unpaired) electrons. The lowest BCUT2D eigenvalue weighted by molar-refractivity contribution is 0.106. The van der Waals surface area contributed by atoms with E-state index in [2.05, 4.69) is 4.99 Å². The molecule has 0 bridgehead atoms. The van der Waals surface area contributed by atoms with Crippen LogP contribution in [0.4, 0.5) is 5.69 Å². The van der Waals surface area contributed by atoms with Crippen LogP contribution in [0, 0.1) is 22.8 Å². The van der Waals surface area contributed by atoms with Crippen LogP contribution in [-0.4, -0.2) is 21.2 Å². The number of carbonyl (C=O) groups excluding carboxylic acids is 1. The highest BCUT2D eigenvalue weighted by Gasteiger charge is 2.32. The molecule has 2 aromatic carbocycles. The number of benzene rings is 2. The van der Waals surface area contributed by atoms with Gasteiger partial charge < -0.3 is 5.11 Å². The lowest BCUT2D eigenvalue weighted by atomic mass is 10.1. The summed E-state index contributed by atoms with van der Waals surface area (Å²) in [7, 11) is 0. The summed E-state index contributed by atoms with van der Waals surface area (Å²) >= 11 is 0. The van der Waals surface area contributed by atoms with Crippen LogP contribution < -0.4 is 0 Å². The predicted molar refractivity (Wildman–Crippen MR) is 86.3 cm³/mol. The quantitative estimate of drug-likeness (QED) is 0.746. The number of ketones is 1. The molecule has 1 N–H and O–H groups in total. The predicted octanol–water partition coefficient (Wildman–Crippen LogP) is 2.86. The van der Waals surface area contributed by atoms with Crippen LogP contribution in [0.2, 0.25) is 0 Å². The molecule has 3 aromatic rings. The minimum atomic E-state index is -0.362. The first-order valence-corrected chi connectivity index (χ1v) is 7.06. The zero-order valence-electron chi connectivity index (χ0n) is 12.2. The summed E-state index contributed by atoms with van der Waals surface area (Å²) in [6.45, 7) is 0. The molecule has 1 aromatic heterocycles.